The highest BCUT2D eigenvalue weighted by Gasteiger charge is 2.28. The van der Waals surface area contributed by atoms with Gasteiger partial charge in [0.1, 0.15) is 0 Å². The van der Waals surface area contributed by atoms with E-state index in [1.54, 1.807) is 28.8 Å². The van der Waals surface area contributed by atoms with Crippen molar-refractivity contribution in [3.63, 3.8) is 0 Å². The summed E-state index contributed by atoms with van der Waals surface area (Å²) >= 11 is 0. The van der Waals surface area contributed by atoms with Crippen molar-refractivity contribution in [1.82, 2.24) is 14.3 Å². The Balaban J connectivity index is 1.72. The molecule has 0 atom stereocenters. The van der Waals surface area contributed by atoms with E-state index >= 15 is 0 Å². The largest absolute Gasteiger partial charge is 0.345 e. The first-order chi connectivity index (χ1) is 10.6. The van der Waals surface area contributed by atoms with Crippen LogP contribution in [0.25, 0.3) is 11.0 Å². The summed E-state index contributed by atoms with van der Waals surface area (Å²) in [4.78, 5) is 7.39. The number of rotatable bonds is 2. The molecule has 4 rings (SSSR count). The molecular weight excluding hydrogens is 298 g/mol. The average Bonchev–Trinajstić information content (AvgIpc) is 3.02. The summed E-state index contributed by atoms with van der Waals surface area (Å²) in [6.45, 7) is 0.944. The van der Waals surface area contributed by atoms with E-state index in [-0.39, 0.29) is 0 Å². The highest BCUT2D eigenvalue weighted by molar-refractivity contribution is 7.89. The molecule has 2 aromatic carbocycles. The van der Waals surface area contributed by atoms with Crippen molar-refractivity contribution in [3.05, 3.63) is 59.9 Å². The van der Waals surface area contributed by atoms with E-state index in [4.69, 9.17) is 0 Å². The zero-order valence-corrected chi connectivity index (χ0v) is 12.7. The van der Waals surface area contributed by atoms with E-state index in [9.17, 15) is 8.42 Å². The molecule has 2 heterocycles. The maximum atomic E-state index is 12.9. The molecule has 1 aliphatic rings. The van der Waals surface area contributed by atoms with Gasteiger partial charge in [-0.15, -0.1) is 0 Å². The Kier molecular flexibility index (Phi) is 3.02. The molecule has 1 aromatic heterocycles. The van der Waals surface area contributed by atoms with Gasteiger partial charge in [-0.1, -0.05) is 24.3 Å². The van der Waals surface area contributed by atoms with Crippen molar-refractivity contribution in [2.75, 3.05) is 6.54 Å². The zero-order valence-electron chi connectivity index (χ0n) is 11.9. The molecule has 0 fully saturated rings. The van der Waals surface area contributed by atoms with Crippen molar-refractivity contribution in [2.45, 2.75) is 17.9 Å². The monoisotopic (exact) mass is 313 g/mol. The van der Waals surface area contributed by atoms with Crippen molar-refractivity contribution >= 4 is 21.1 Å². The Morgan fingerprint density at radius 3 is 2.77 bits per heavy atom. The van der Waals surface area contributed by atoms with Crippen LogP contribution in [0.2, 0.25) is 0 Å². The molecule has 0 saturated carbocycles. The lowest BCUT2D eigenvalue weighted by Gasteiger charge is -2.28. The van der Waals surface area contributed by atoms with Crippen LogP contribution in [0.4, 0.5) is 0 Å². The van der Waals surface area contributed by atoms with Crippen LogP contribution in [0.5, 0.6) is 0 Å². The number of benzene rings is 2. The fourth-order valence-electron chi connectivity index (χ4n) is 2.90. The van der Waals surface area contributed by atoms with Gasteiger partial charge in [0, 0.05) is 13.1 Å². The first kappa shape index (κ1) is 13.5. The summed E-state index contributed by atoms with van der Waals surface area (Å²) in [6, 6.07) is 13.0. The van der Waals surface area contributed by atoms with Gasteiger partial charge >= 0.3 is 0 Å². The molecule has 0 spiro atoms. The van der Waals surface area contributed by atoms with Gasteiger partial charge in [-0.25, -0.2) is 13.4 Å². The van der Waals surface area contributed by atoms with Gasteiger partial charge in [-0.3, -0.25) is 0 Å². The van der Waals surface area contributed by atoms with E-state index < -0.39 is 10.0 Å². The summed E-state index contributed by atoms with van der Waals surface area (Å²) in [5.41, 5.74) is 3.82. The molecule has 3 aromatic rings. The van der Waals surface area contributed by atoms with Crippen LogP contribution in [-0.2, 0) is 23.0 Å². The predicted molar refractivity (Wildman–Crippen MR) is 83.8 cm³/mol. The summed E-state index contributed by atoms with van der Waals surface area (Å²) < 4.78 is 27.3. The van der Waals surface area contributed by atoms with Crippen LogP contribution in [0.15, 0.2) is 53.7 Å². The van der Waals surface area contributed by atoms with Crippen molar-refractivity contribution in [3.8, 4) is 0 Å². The number of nitrogens with zero attached hydrogens (tertiary/aromatic N) is 2. The third-order valence-corrected chi connectivity index (χ3v) is 5.97. The highest BCUT2D eigenvalue weighted by atomic mass is 32.2. The SMILES string of the molecule is O=S(=O)(c1ccc2nc[nH]c2c1)N1CCc2ccccc2C1. The molecule has 112 valence electrons. The van der Waals surface area contributed by atoms with Crippen LogP contribution in [0.1, 0.15) is 11.1 Å². The van der Waals surface area contributed by atoms with E-state index in [0.717, 1.165) is 23.0 Å². The minimum atomic E-state index is -3.49. The molecule has 0 radical (unpaired) electrons. The minimum Gasteiger partial charge on any atom is -0.345 e. The number of nitrogens with one attached hydrogen (secondary N) is 1. The number of sulfonamides is 1. The van der Waals surface area contributed by atoms with E-state index in [1.165, 1.54) is 5.56 Å². The third-order valence-electron chi connectivity index (χ3n) is 4.13. The molecule has 22 heavy (non-hydrogen) atoms. The average molecular weight is 313 g/mol. The Bertz CT molecular complexity index is 947. The Morgan fingerprint density at radius 1 is 1.09 bits per heavy atom. The molecule has 1 aliphatic heterocycles. The molecule has 0 amide bonds. The fourth-order valence-corrected chi connectivity index (χ4v) is 4.34. The van der Waals surface area contributed by atoms with Crippen LogP contribution >= 0.6 is 0 Å². The zero-order chi connectivity index (χ0) is 15.2. The van der Waals surface area contributed by atoms with Gasteiger partial charge < -0.3 is 4.98 Å². The second-order valence-electron chi connectivity index (χ2n) is 5.44. The lowest BCUT2D eigenvalue weighted by Crippen LogP contribution is -2.35. The highest BCUT2D eigenvalue weighted by Crippen LogP contribution is 2.26. The minimum absolute atomic E-state index is 0.309. The Morgan fingerprint density at radius 2 is 1.91 bits per heavy atom. The summed E-state index contributed by atoms with van der Waals surface area (Å²) in [6.07, 6.45) is 2.32. The van der Waals surface area contributed by atoms with Crippen molar-refractivity contribution < 1.29 is 8.42 Å². The maximum absolute atomic E-state index is 12.9. The third kappa shape index (κ3) is 2.12. The molecule has 0 bridgehead atoms. The Hall–Kier alpha value is -2.18. The quantitative estimate of drug-likeness (QED) is 0.789. The summed E-state index contributed by atoms with van der Waals surface area (Å²) in [5.74, 6) is 0. The molecule has 0 unspecified atom stereocenters. The Labute approximate surface area is 128 Å². The van der Waals surface area contributed by atoms with E-state index in [1.807, 2.05) is 18.2 Å². The lowest BCUT2D eigenvalue weighted by molar-refractivity contribution is 0.391. The van der Waals surface area contributed by atoms with E-state index in [2.05, 4.69) is 16.0 Å². The molecular formula is C16H15N3O2S. The topological polar surface area (TPSA) is 66.1 Å². The van der Waals surface area contributed by atoms with Crippen LogP contribution in [-0.4, -0.2) is 29.2 Å². The van der Waals surface area contributed by atoms with Crippen LogP contribution < -0.4 is 0 Å². The summed E-state index contributed by atoms with van der Waals surface area (Å²) in [7, 11) is -3.49. The second-order valence-corrected chi connectivity index (χ2v) is 7.38. The molecule has 1 N–H and O–H groups in total. The molecule has 0 saturated heterocycles. The van der Waals surface area contributed by atoms with Gasteiger partial charge in [-0.05, 0) is 35.7 Å². The number of imidazole rings is 1. The van der Waals surface area contributed by atoms with Gasteiger partial charge in [0.25, 0.3) is 0 Å². The lowest BCUT2D eigenvalue weighted by atomic mass is 10.0. The molecule has 6 heteroatoms. The van der Waals surface area contributed by atoms with Gasteiger partial charge in [-0.2, -0.15) is 4.31 Å². The van der Waals surface area contributed by atoms with Crippen LogP contribution in [0.3, 0.4) is 0 Å². The first-order valence-corrected chi connectivity index (χ1v) is 8.59. The second kappa shape index (κ2) is 4.93. The number of aromatic nitrogens is 2. The number of aromatic amines is 1. The summed E-state index contributed by atoms with van der Waals surface area (Å²) in [5, 5.41) is 0. The van der Waals surface area contributed by atoms with Crippen LogP contribution in [0, 0.1) is 0 Å². The van der Waals surface area contributed by atoms with Gasteiger partial charge in [0.2, 0.25) is 10.0 Å². The maximum Gasteiger partial charge on any atom is 0.243 e. The normalized spacial score (nSPS) is 15.8. The number of fused-ring (bicyclic) bond motifs is 2. The first-order valence-electron chi connectivity index (χ1n) is 7.15. The number of H-pyrrole nitrogens is 1. The molecule has 0 aliphatic carbocycles. The van der Waals surface area contributed by atoms with Crippen molar-refractivity contribution in [1.29, 1.82) is 0 Å². The van der Waals surface area contributed by atoms with Crippen molar-refractivity contribution in [2.24, 2.45) is 0 Å². The van der Waals surface area contributed by atoms with Gasteiger partial charge in [0.05, 0.1) is 22.3 Å². The fraction of sp³-hybridized carbons (Fsp3) is 0.188. The number of hydrogen-bond acceptors (Lipinski definition) is 3. The molecule has 5 nitrogen and oxygen atoms in total. The smallest absolute Gasteiger partial charge is 0.243 e. The van der Waals surface area contributed by atoms with E-state index in [0.29, 0.717) is 18.0 Å². The standard InChI is InChI=1S/C16H15N3O2S/c20-22(21,14-5-6-15-16(9-14)18-11-17-15)19-8-7-12-3-1-2-4-13(12)10-19/h1-6,9,11H,7-8,10H2,(H,17,18). The predicted octanol–water partition coefficient (Wildman–Crippen LogP) is 2.31. The van der Waals surface area contributed by atoms with Gasteiger partial charge in [0.15, 0.2) is 0 Å². The number of hydrogen-bond donors (Lipinski definition) is 1.